The van der Waals surface area contributed by atoms with E-state index in [-0.39, 0.29) is 12.5 Å². The summed E-state index contributed by atoms with van der Waals surface area (Å²) in [6.45, 7) is -0.0310. The third-order valence-corrected chi connectivity index (χ3v) is 3.57. The van der Waals surface area contributed by atoms with E-state index in [9.17, 15) is 18.0 Å². The van der Waals surface area contributed by atoms with Crippen LogP contribution in [0.1, 0.15) is 5.56 Å². The number of benzene rings is 2. The third-order valence-electron chi connectivity index (χ3n) is 3.57. The van der Waals surface area contributed by atoms with Crippen LogP contribution < -0.4 is 10.6 Å². The number of nitrogens with one attached hydrogen (secondary N) is 2. The molecule has 0 aliphatic heterocycles. The predicted octanol–water partition coefficient (Wildman–Crippen LogP) is 4.30. The molecule has 25 heavy (non-hydrogen) atoms. The number of carbonyl (C=O) groups is 1. The van der Waals surface area contributed by atoms with Crippen LogP contribution in [0.15, 0.2) is 60.8 Å². The first-order valence-corrected chi connectivity index (χ1v) is 7.48. The summed E-state index contributed by atoms with van der Waals surface area (Å²) in [5.74, 6) is -0.368. The molecule has 1 amide bonds. The Labute approximate surface area is 141 Å². The van der Waals surface area contributed by atoms with Gasteiger partial charge in [-0.25, -0.2) is 0 Å². The summed E-state index contributed by atoms with van der Waals surface area (Å²) in [6.07, 6.45) is -2.73. The highest BCUT2D eigenvalue weighted by molar-refractivity contribution is 5.96. The molecule has 128 valence electrons. The van der Waals surface area contributed by atoms with Gasteiger partial charge in [0.05, 0.1) is 23.3 Å². The Kier molecular flexibility index (Phi) is 4.56. The number of nitrogens with zero attached hydrogens (tertiary/aromatic N) is 1. The Hall–Kier alpha value is -3.09. The molecular weight excluding hydrogens is 331 g/mol. The van der Waals surface area contributed by atoms with Crippen LogP contribution in [-0.2, 0) is 11.0 Å². The van der Waals surface area contributed by atoms with Crippen LogP contribution in [-0.4, -0.2) is 17.4 Å². The lowest BCUT2D eigenvalue weighted by Crippen LogP contribution is -2.22. The Morgan fingerprint density at radius 1 is 1.00 bits per heavy atom. The number of fused-ring (bicyclic) bond motifs is 1. The normalized spacial score (nSPS) is 11.3. The summed E-state index contributed by atoms with van der Waals surface area (Å²) >= 11 is 0. The molecule has 1 aromatic heterocycles. The van der Waals surface area contributed by atoms with Crippen LogP contribution >= 0.6 is 0 Å². The van der Waals surface area contributed by atoms with Gasteiger partial charge in [-0.05, 0) is 36.4 Å². The summed E-state index contributed by atoms with van der Waals surface area (Å²) in [6, 6.07) is 13.6. The van der Waals surface area contributed by atoms with Crippen molar-refractivity contribution in [2.75, 3.05) is 17.2 Å². The van der Waals surface area contributed by atoms with Crippen LogP contribution in [0.4, 0.5) is 24.5 Å². The molecule has 0 aliphatic rings. The third kappa shape index (κ3) is 4.06. The van der Waals surface area contributed by atoms with Crippen molar-refractivity contribution < 1.29 is 18.0 Å². The van der Waals surface area contributed by atoms with Gasteiger partial charge in [0, 0.05) is 17.3 Å². The van der Waals surface area contributed by atoms with Crippen molar-refractivity contribution in [2.24, 2.45) is 0 Å². The fourth-order valence-electron chi connectivity index (χ4n) is 2.37. The zero-order valence-electron chi connectivity index (χ0n) is 13.0. The number of alkyl halides is 3. The second kappa shape index (κ2) is 6.80. The van der Waals surface area contributed by atoms with Gasteiger partial charge in [0.15, 0.2) is 0 Å². The van der Waals surface area contributed by atoms with Gasteiger partial charge in [-0.1, -0.05) is 18.2 Å². The highest BCUT2D eigenvalue weighted by Crippen LogP contribution is 2.29. The number of aromatic nitrogens is 1. The molecule has 2 N–H and O–H groups in total. The SMILES string of the molecule is O=C(CNc1cccc2cccnc12)Nc1ccc(C(F)(F)F)cc1. The summed E-state index contributed by atoms with van der Waals surface area (Å²) in [7, 11) is 0. The predicted molar refractivity (Wildman–Crippen MR) is 90.3 cm³/mol. The van der Waals surface area contributed by atoms with Crippen molar-refractivity contribution in [1.29, 1.82) is 0 Å². The van der Waals surface area contributed by atoms with E-state index in [1.54, 1.807) is 12.3 Å². The number of hydrogen-bond acceptors (Lipinski definition) is 3. The van der Waals surface area contributed by atoms with Gasteiger partial charge >= 0.3 is 6.18 Å². The van der Waals surface area contributed by atoms with Gasteiger partial charge < -0.3 is 10.6 Å². The summed E-state index contributed by atoms with van der Waals surface area (Å²) in [5, 5.41) is 6.48. The molecule has 0 fully saturated rings. The summed E-state index contributed by atoms with van der Waals surface area (Å²) < 4.78 is 37.5. The summed E-state index contributed by atoms with van der Waals surface area (Å²) in [5.41, 5.74) is 0.995. The van der Waals surface area contributed by atoms with E-state index in [4.69, 9.17) is 0 Å². The zero-order valence-corrected chi connectivity index (χ0v) is 13.0. The van der Waals surface area contributed by atoms with Crippen LogP contribution in [0.5, 0.6) is 0 Å². The molecule has 2 aromatic carbocycles. The Morgan fingerprint density at radius 2 is 1.72 bits per heavy atom. The monoisotopic (exact) mass is 345 g/mol. The van der Waals surface area contributed by atoms with Crippen molar-refractivity contribution in [3.63, 3.8) is 0 Å². The minimum Gasteiger partial charge on any atom is -0.374 e. The minimum absolute atomic E-state index is 0.0310. The van der Waals surface area contributed by atoms with Crippen molar-refractivity contribution in [3.05, 3.63) is 66.4 Å². The van der Waals surface area contributed by atoms with E-state index in [1.807, 2.05) is 24.3 Å². The average Bonchev–Trinajstić information content (AvgIpc) is 2.59. The fraction of sp³-hybridized carbons (Fsp3) is 0.111. The van der Waals surface area contributed by atoms with E-state index < -0.39 is 11.7 Å². The molecular formula is C18H14F3N3O. The van der Waals surface area contributed by atoms with Crippen molar-refractivity contribution >= 4 is 28.2 Å². The highest BCUT2D eigenvalue weighted by Gasteiger charge is 2.29. The molecule has 0 aliphatic carbocycles. The summed E-state index contributed by atoms with van der Waals surface area (Å²) in [4.78, 5) is 16.3. The average molecular weight is 345 g/mol. The van der Waals surface area contributed by atoms with Crippen molar-refractivity contribution in [3.8, 4) is 0 Å². The van der Waals surface area contributed by atoms with Gasteiger partial charge in [-0.2, -0.15) is 13.2 Å². The second-order valence-corrected chi connectivity index (χ2v) is 5.36. The van der Waals surface area contributed by atoms with Gasteiger partial charge in [-0.3, -0.25) is 9.78 Å². The maximum absolute atomic E-state index is 12.5. The largest absolute Gasteiger partial charge is 0.416 e. The Morgan fingerprint density at radius 3 is 2.44 bits per heavy atom. The van der Waals surface area contributed by atoms with E-state index in [2.05, 4.69) is 15.6 Å². The van der Waals surface area contributed by atoms with Gasteiger partial charge in [0.2, 0.25) is 5.91 Å². The number of carbonyl (C=O) groups excluding carboxylic acids is 1. The lowest BCUT2D eigenvalue weighted by molar-refractivity contribution is -0.137. The van der Waals surface area contributed by atoms with Crippen LogP contribution in [0.2, 0.25) is 0 Å². The quantitative estimate of drug-likeness (QED) is 0.741. The van der Waals surface area contributed by atoms with Crippen LogP contribution in [0.3, 0.4) is 0 Å². The zero-order chi connectivity index (χ0) is 17.9. The Bertz CT molecular complexity index is 887. The van der Waals surface area contributed by atoms with E-state index >= 15 is 0 Å². The first kappa shape index (κ1) is 16.8. The number of pyridine rings is 1. The molecule has 7 heteroatoms. The molecule has 3 rings (SSSR count). The maximum atomic E-state index is 12.5. The second-order valence-electron chi connectivity index (χ2n) is 5.36. The Balaban J connectivity index is 1.63. The lowest BCUT2D eigenvalue weighted by Gasteiger charge is -2.11. The maximum Gasteiger partial charge on any atom is 0.416 e. The minimum atomic E-state index is -4.40. The number of para-hydroxylation sites is 1. The molecule has 0 radical (unpaired) electrons. The van der Waals surface area contributed by atoms with E-state index in [1.165, 1.54) is 12.1 Å². The molecule has 1 heterocycles. The van der Waals surface area contributed by atoms with E-state index in [0.717, 1.165) is 23.0 Å². The molecule has 0 atom stereocenters. The molecule has 3 aromatic rings. The molecule has 0 saturated carbocycles. The van der Waals surface area contributed by atoms with Crippen LogP contribution in [0.25, 0.3) is 10.9 Å². The smallest absolute Gasteiger partial charge is 0.374 e. The number of amides is 1. The first-order chi connectivity index (χ1) is 11.9. The lowest BCUT2D eigenvalue weighted by atomic mass is 10.2. The van der Waals surface area contributed by atoms with E-state index in [0.29, 0.717) is 11.4 Å². The van der Waals surface area contributed by atoms with Crippen molar-refractivity contribution in [1.82, 2.24) is 4.98 Å². The van der Waals surface area contributed by atoms with Crippen LogP contribution in [0, 0.1) is 0 Å². The van der Waals surface area contributed by atoms with Gasteiger partial charge in [0.25, 0.3) is 0 Å². The molecule has 0 unspecified atom stereocenters. The number of hydrogen-bond donors (Lipinski definition) is 2. The molecule has 4 nitrogen and oxygen atoms in total. The van der Waals surface area contributed by atoms with Crippen molar-refractivity contribution in [2.45, 2.75) is 6.18 Å². The molecule has 0 saturated heterocycles. The topological polar surface area (TPSA) is 54.0 Å². The molecule has 0 spiro atoms. The standard InChI is InChI=1S/C18H14F3N3O/c19-18(20,21)13-6-8-14(9-7-13)24-16(25)11-23-15-5-1-3-12-4-2-10-22-17(12)15/h1-10,23H,11H2,(H,24,25). The first-order valence-electron chi connectivity index (χ1n) is 7.48. The van der Waals surface area contributed by atoms with Gasteiger partial charge in [-0.15, -0.1) is 0 Å². The number of rotatable bonds is 4. The highest BCUT2D eigenvalue weighted by atomic mass is 19.4. The fourth-order valence-corrected chi connectivity index (χ4v) is 2.37. The van der Waals surface area contributed by atoms with Gasteiger partial charge in [0.1, 0.15) is 0 Å². The molecule has 0 bridgehead atoms. The number of halogens is 3. The number of anilines is 2.